The molecule has 0 aliphatic carbocycles. The van der Waals surface area contributed by atoms with E-state index in [2.05, 4.69) is 10.0 Å². The van der Waals surface area contributed by atoms with Gasteiger partial charge >= 0.3 is 0 Å². The lowest BCUT2D eigenvalue weighted by Crippen LogP contribution is -2.23. The van der Waals surface area contributed by atoms with Crippen LogP contribution in [0.5, 0.6) is 5.75 Å². The van der Waals surface area contributed by atoms with Gasteiger partial charge < -0.3 is 10.1 Å². The van der Waals surface area contributed by atoms with Crippen LogP contribution in [0.3, 0.4) is 0 Å². The first-order valence-corrected chi connectivity index (χ1v) is 8.81. The molecule has 128 valence electrons. The van der Waals surface area contributed by atoms with E-state index in [1.54, 1.807) is 0 Å². The van der Waals surface area contributed by atoms with Crippen LogP contribution >= 0.6 is 0 Å². The Kier molecular flexibility index (Phi) is 5.58. The van der Waals surface area contributed by atoms with Gasteiger partial charge in [-0.2, -0.15) is 0 Å². The first-order chi connectivity index (χ1) is 11.3. The zero-order valence-electron chi connectivity index (χ0n) is 13.8. The van der Waals surface area contributed by atoms with Gasteiger partial charge in [-0.05, 0) is 30.7 Å². The first-order valence-electron chi connectivity index (χ1n) is 7.32. The van der Waals surface area contributed by atoms with Crippen molar-refractivity contribution in [3.05, 3.63) is 53.6 Å². The fourth-order valence-electron chi connectivity index (χ4n) is 2.11. The molecular formula is C17H20N2O4S. The van der Waals surface area contributed by atoms with Crippen molar-refractivity contribution in [3.8, 4) is 5.75 Å². The Labute approximate surface area is 141 Å². The van der Waals surface area contributed by atoms with Gasteiger partial charge in [0, 0.05) is 13.5 Å². The molecule has 1 amide bonds. The quantitative estimate of drug-likeness (QED) is 0.840. The van der Waals surface area contributed by atoms with E-state index in [1.165, 1.54) is 32.2 Å². The largest absolute Gasteiger partial charge is 0.495 e. The summed E-state index contributed by atoms with van der Waals surface area (Å²) in [5, 5.41) is 2.56. The number of carbonyl (C=O) groups is 1. The number of amides is 1. The van der Waals surface area contributed by atoms with Gasteiger partial charge in [0.2, 0.25) is 15.9 Å². The third kappa shape index (κ3) is 4.56. The van der Waals surface area contributed by atoms with Crippen LogP contribution in [0.15, 0.2) is 47.4 Å². The average molecular weight is 348 g/mol. The molecule has 0 aromatic heterocycles. The Morgan fingerprint density at radius 1 is 1.12 bits per heavy atom. The second kappa shape index (κ2) is 7.46. The summed E-state index contributed by atoms with van der Waals surface area (Å²) < 4.78 is 32.6. The van der Waals surface area contributed by atoms with Crippen molar-refractivity contribution in [2.24, 2.45) is 0 Å². The number of ether oxygens (including phenoxy) is 1. The summed E-state index contributed by atoms with van der Waals surface area (Å²) in [4.78, 5) is 11.3. The van der Waals surface area contributed by atoms with E-state index in [0.717, 1.165) is 11.1 Å². The molecule has 0 aliphatic heterocycles. The minimum atomic E-state index is -3.71. The van der Waals surface area contributed by atoms with Crippen molar-refractivity contribution in [1.82, 2.24) is 4.72 Å². The number of hydrogen-bond acceptors (Lipinski definition) is 4. The number of sulfonamides is 1. The van der Waals surface area contributed by atoms with Crippen molar-refractivity contribution in [3.63, 3.8) is 0 Å². The van der Waals surface area contributed by atoms with Crippen LogP contribution in [-0.2, 0) is 21.4 Å². The number of hydrogen-bond donors (Lipinski definition) is 2. The summed E-state index contributed by atoms with van der Waals surface area (Å²) in [6, 6.07) is 11.9. The maximum atomic E-state index is 12.4. The number of carbonyl (C=O) groups excluding carboxylic acids is 1. The smallest absolute Gasteiger partial charge is 0.240 e. The van der Waals surface area contributed by atoms with E-state index in [4.69, 9.17) is 4.74 Å². The monoisotopic (exact) mass is 348 g/mol. The number of anilines is 1. The third-order valence-corrected chi connectivity index (χ3v) is 4.78. The molecule has 0 aliphatic rings. The molecule has 2 aromatic rings. The van der Waals surface area contributed by atoms with Crippen molar-refractivity contribution in [2.75, 3.05) is 12.4 Å². The minimum Gasteiger partial charge on any atom is -0.495 e. The molecule has 0 spiro atoms. The van der Waals surface area contributed by atoms with E-state index >= 15 is 0 Å². The second-order valence-corrected chi connectivity index (χ2v) is 7.12. The van der Waals surface area contributed by atoms with E-state index in [9.17, 15) is 13.2 Å². The van der Waals surface area contributed by atoms with Crippen LogP contribution in [0.4, 0.5) is 5.69 Å². The maximum Gasteiger partial charge on any atom is 0.240 e. The summed E-state index contributed by atoms with van der Waals surface area (Å²) >= 11 is 0. The standard InChI is InChI=1S/C17H20N2O4S/c1-12-4-6-14(7-5-12)11-18-24(21,22)15-8-9-17(23-3)16(10-15)19-13(2)20/h4-10,18H,11H2,1-3H3,(H,19,20). The van der Waals surface area contributed by atoms with Crippen molar-refractivity contribution >= 4 is 21.6 Å². The highest BCUT2D eigenvalue weighted by Gasteiger charge is 2.17. The van der Waals surface area contributed by atoms with Gasteiger partial charge in [-0.25, -0.2) is 13.1 Å². The molecule has 0 fully saturated rings. The second-order valence-electron chi connectivity index (χ2n) is 5.35. The van der Waals surface area contributed by atoms with Gasteiger partial charge in [-0.3, -0.25) is 4.79 Å². The normalized spacial score (nSPS) is 11.1. The topological polar surface area (TPSA) is 84.5 Å². The summed E-state index contributed by atoms with van der Waals surface area (Å²) in [6.45, 7) is 3.50. The highest BCUT2D eigenvalue weighted by molar-refractivity contribution is 7.89. The van der Waals surface area contributed by atoms with Crippen LogP contribution in [0.1, 0.15) is 18.1 Å². The molecule has 24 heavy (non-hydrogen) atoms. The van der Waals surface area contributed by atoms with E-state index in [0.29, 0.717) is 11.4 Å². The molecule has 0 saturated heterocycles. The number of rotatable bonds is 6. The van der Waals surface area contributed by atoms with Gasteiger partial charge in [0.1, 0.15) is 5.75 Å². The van der Waals surface area contributed by atoms with E-state index < -0.39 is 10.0 Å². The highest BCUT2D eigenvalue weighted by atomic mass is 32.2. The Bertz CT molecular complexity index is 830. The van der Waals surface area contributed by atoms with Crippen LogP contribution < -0.4 is 14.8 Å². The zero-order valence-corrected chi connectivity index (χ0v) is 14.6. The minimum absolute atomic E-state index is 0.0548. The lowest BCUT2D eigenvalue weighted by molar-refractivity contribution is -0.114. The van der Waals surface area contributed by atoms with Gasteiger partial charge in [0.05, 0.1) is 17.7 Å². The molecule has 0 unspecified atom stereocenters. The van der Waals surface area contributed by atoms with Crippen LogP contribution in [0.25, 0.3) is 0 Å². The Morgan fingerprint density at radius 2 is 1.79 bits per heavy atom. The zero-order chi connectivity index (χ0) is 17.7. The SMILES string of the molecule is COc1ccc(S(=O)(=O)NCc2ccc(C)cc2)cc1NC(C)=O. The van der Waals surface area contributed by atoms with Gasteiger partial charge in [0.25, 0.3) is 0 Å². The van der Waals surface area contributed by atoms with E-state index in [-0.39, 0.29) is 17.3 Å². The van der Waals surface area contributed by atoms with Gasteiger partial charge in [-0.15, -0.1) is 0 Å². The summed E-state index contributed by atoms with van der Waals surface area (Å²) in [5.41, 5.74) is 2.28. The van der Waals surface area contributed by atoms with Crippen LogP contribution in [0.2, 0.25) is 0 Å². The van der Waals surface area contributed by atoms with Crippen molar-refractivity contribution in [1.29, 1.82) is 0 Å². The lowest BCUT2D eigenvalue weighted by atomic mass is 10.2. The summed E-state index contributed by atoms with van der Waals surface area (Å²) in [6.07, 6.45) is 0. The fraction of sp³-hybridized carbons (Fsp3) is 0.235. The maximum absolute atomic E-state index is 12.4. The molecule has 7 heteroatoms. The number of benzene rings is 2. The number of nitrogens with one attached hydrogen (secondary N) is 2. The van der Waals surface area contributed by atoms with Crippen LogP contribution in [0, 0.1) is 6.92 Å². The van der Waals surface area contributed by atoms with Crippen molar-refractivity contribution in [2.45, 2.75) is 25.3 Å². The predicted molar refractivity (Wildman–Crippen MR) is 92.5 cm³/mol. The molecule has 2 N–H and O–H groups in total. The summed E-state index contributed by atoms with van der Waals surface area (Å²) in [7, 11) is -2.26. The van der Waals surface area contributed by atoms with Crippen molar-refractivity contribution < 1.29 is 17.9 Å². The third-order valence-electron chi connectivity index (χ3n) is 3.38. The molecule has 6 nitrogen and oxygen atoms in total. The Balaban J connectivity index is 2.21. The number of aryl methyl sites for hydroxylation is 1. The van der Waals surface area contributed by atoms with Gasteiger partial charge in [-0.1, -0.05) is 29.8 Å². The molecule has 0 radical (unpaired) electrons. The highest BCUT2D eigenvalue weighted by Crippen LogP contribution is 2.27. The number of methoxy groups -OCH3 is 1. The molecule has 2 rings (SSSR count). The first kappa shape index (κ1) is 18.0. The van der Waals surface area contributed by atoms with E-state index in [1.807, 2.05) is 31.2 Å². The Morgan fingerprint density at radius 3 is 2.38 bits per heavy atom. The molecule has 0 saturated carbocycles. The van der Waals surface area contributed by atoms with Crippen LogP contribution in [-0.4, -0.2) is 21.4 Å². The molecule has 2 aromatic carbocycles. The summed E-state index contributed by atoms with van der Waals surface area (Å²) in [5.74, 6) is 0.0816. The molecule has 0 bridgehead atoms. The fourth-order valence-corrected chi connectivity index (χ4v) is 3.15. The predicted octanol–water partition coefficient (Wildman–Crippen LogP) is 2.44. The lowest BCUT2D eigenvalue weighted by Gasteiger charge is -2.12. The molecule has 0 heterocycles. The molecule has 0 atom stereocenters. The van der Waals surface area contributed by atoms with Gasteiger partial charge in [0.15, 0.2) is 0 Å². The molecular weight excluding hydrogens is 328 g/mol. The Hall–Kier alpha value is -2.38. The average Bonchev–Trinajstić information content (AvgIpc) is 2.54.